The second kappa shape index (κ2) is 10.4. The number of nitrogen functional groups attached to an aromatic ring is 1. The van der Waals surface area contributed by atoms with Gasteiger partial charge in [-0.25, -0.2) is 9.97 Å². The first kappa shape index (κ1) is 24.5. The molecule has 4 aromatic rings. The van der Waals surface area contributed by atoms with Crippen LogP contribution in [0.3, 0.4) is 0 Å². The van der Waals surface area contributed by atoms with Crippen molar-refractivity contribution in [3.05, 3.63) is 60.8 Å². The van der Waals surface area contributed by atoms with Crippen LogP contribution in [0.25, 0.3) is 22.4 Å². The minimum absolute atomic E-state index is 0.178. The fourth-order valence-electron chi connectivity index (χ4n) is 4.77. The van der Waals surface area contributed by atoms with Gasteiger partial charge in [-0.15, -0.1) is 6.58 Å². The third-order valence-electron chi connectivity index (χ3n) is 6.71. The van der Waals surface area contributed by atoms with E-state index in [9.17, 15) is 4.79 Å². The lowest BCUT2D eigenvalue weighted by Crippen LogP contribution is -2.35. The Labute approximate surface area is 215 Å². The first-order valence-electron chi connectivity index (χ1n) is 12.3. The number of carbonyl (C=O) groups is 1. The first-order chi connectivity index (χ1) is 17.9. The van der Waals surface area contributed by atoms with Gasteiger partial charge in [-0.3, -0.25) is 9.48 Å². The number of ether oxygens (including phenoxy) is 1. The summed E-state index contributed by atoms with van der Waals surface area (Å²) < 4.78 is 13.1. The maximum absolute atomic E-state index is 13.3. The SMILES string of the molecule is C=CCOCC1CCN(c2cc3c(cc2NC(=O)c2coc(-c4ccnc(N)c4)n2)c(C)nn3C)CC1. The molecule has 3 aromatic heterocycles. The van der Waals surface area contributed by atoms with Crippen LogP contribution in [-0.2, 0) is 11.8 Å². The van der Waals surface area contributed by atoms with Crippen molar-refractivity contribution in [1.29, 1.82) is 0 Å². The van der Waals surface area contributed by atoms with Gasteiger partial charge in [0.25, 0.3) is 5.91 Å². The van der Waals surface area contributed by atoms with E-state index in [1.807, 2.05) is 24.7 Å². The molecule has 0 unspecified atom stereocenters. The van der Waals surface area contributed by atoms with Gasteiger partial charge < -0.3 is 25.1 Å². The molecule has 1 amide bonds. The molecule has 1 aliphatic heterocycles. The highest BCUT2D eigenvalue weighted by atomic mass is 16.5. The van der Waals surface area contributed by atoms with Crippen LogP contribution in [0.15, 0.2) is 53.8 Å². The predicted molar refractivity (Wildman–Crippen MR) is 144 cm³/mol. The van der Waals surface area contributed by atoms with Crippen LogP contribution in [0.5, 0.6) is 0 Å². The summed E-state index contributed by atoms with van der Waals surface area (Å²) in [6.07, 6.45) is 6.72. The zero-order valence-corrected chi connectivity index (χ0v) is 21.1. The van der Waals surface area contributed by atoms with E-state index in [2.05, 4.69) is 37.9 Å². The Bertz CT molecular complexity index is 1430. The number of benzene rings is 1. The largest absolute Gasteiger partial charge is 0.444 e. The normalized spacial score (nSPS) is 14.3. The molecule has 0 spiro atoms. The van der Waals surface area contributed by atoms with Gasteiger partial charge in [0.05, 0.1) is 29.2 Å². The van der Waals surface area contributed by atoms with Crippen LogP contribution in [0.4, 0.5) is 17.2 Å². The molecule has 1 fully saturated rings. The summed E-state index contributed by atoms with van der Waals surface area (Å²) in [5.74, 6) is 0.806. The van der Waals surface area contributed by atoms with Crippen LogP contribution in [0.1, 0.15) is 29.0 Å². The number of nitrogens with two attached hydrogens (primary N) is 1. The summed E-state index contributed by atoms with van der Waals surface area (Å²) in [6, 6.07) is 7.48. The number of rotatable bonds is 8. The lowest BCUT2D eigenvalue weighted by atomic mass is 9.97. The third kappa shape index (κ3) is 5.19. The molecule has 1 saturated heterocycles. The molecule has 1 aliphatic rings. The molecule has 4 heterocycles. The fourth-order valence-corrected chi connectivity index (χ4v) is 4.77. The number of nitrogens with one attached hydrogen (secondary N) is 1. The second-order valence-corrected chi connectivity index (χ2v) is 9.31. The number of nitrogens with zero attached hydrogens (tertiary/aromatic N) is 5. The lowest BCUT2D eigenvalue weighted by Gasteiger charge is -2.34. The number of pyridine rings is 1. The number of oxazole rings is 1. The zero-order chi connectivity index (χ0) is 25.9. The van der Waals surface area contributed by atoms with Crippen molar-refractivity contribution in [1.82, 2.24) is 19.7 Å². The molecule has 0 saturated carbocycles. The summed E-state index contributed by atoms with van der Waals surface area (Å²) >= 11 is 0. The quantitative estimate of drug-likeness (QED) is 0.272. The molecule has 192 valence electrons. The van der Waals surface area contributed by atoms with Crippen molar-refractivity contribution >= 4 is 34.0 Å². The summed E-state index contributed by atoms with van der Waals surface area (Å²) in [6.45, 7) is 8.72. The van der Waals surface area contributed by atoms with Crippen LogP contribution < -0.4 is 16.0 Å². The van der Waals surface area contributed by atoms with Gasteiger partial charge in [0.2, 0.25) is 5.89 Å². The molecule has 37 heavy (non-hydrogen) atoms. The average molecular weight is 502 g/mol. The zero-order valence-electron chi connectivity index (χ0n) is 21.1. The smallest absolute Gasteiger partial charge is 0.277 e. The van der Waals surface area contributed by atoms with Gasteiger partial charge in [0.1, 0.15) is 12.1 Å². The number of hydrogen-bond donors (Lipinski definition) is 2. The van der Waals surface area contributed by atoms with E-state index in [0.717, 1.165) is 54.8 Å². The van der Waals surface area contributed by atoms with E-state index in [4.69, 9.17) is 14.9 Å². The Kier molecular flexibility index (Phi) is 6.91. The minimum Gasteiger partial charge on any atom is -0.444 e. The van der Waals surface area contributed by atoms with Crippen molar-refractivity contribution in [2.24, 2.45) is 13.0 Å². The molecule has 3 N–H and O–H groups in total. The maximum atomic E-state index is 13.3. The molecule has 10 heteroatoms. The molecule has 5 rings (SSSR count). The molecule has 0 bridgehead atoms. The van der Waals surface area contributed by atoms with E-state index in [-0.39, 0.29) is 11.6 Å². The first-order valence-corrected chi connectivity index (χ1v) is 12.3. The summed E-state index contributed by atoms with van der Waals surface area (Å²) in [5, 5.41) is 8.63. The van der Waals surface area contributed by atoms with E-state index in [1.54, 1.807) is 24.4 Å². The molecular formula is C27H31N7O3. The number of fused-ring (bicyclic) bond motifs is 1. The van der Waals surface area contributed by atoms with Crippen molar-refractivity contribution in [3.63, 3.8) is 0 Å². The van der Waals surface area contributed by atoms with Gasteiger partial charge in [-0.05, 0) is 49.9 Å². The summed E-state index contributed by atoms with van der Waals surface area (Å²) in [7, 11) is 1.93. The van der Waals surface area contributed by atoms with Crippen molar-refractivity contribution in [2.45, 2.75) is 19.8 Å². The van der Waals surface area contributed by atoms with Crippen LogP contribution in [-0.4, -0.2) is 52.0 Å². The number of piperidine rings is 1. The molecular weight excluding hydrogens is 470 g/mol. The molecule has 10 nitrogen and oxygen atoms in total. The maximum Gasteiger partial charge on any atom is 0.277 e. The molecule has 0 radical (unpaired) electrons. The second-order valence-electron chi connectivity index (χ2n) is 9.31. The standard InChI is InChI=1S/C27H31N7O3/c1-4-11-36-15-18-6-9-34(10-7-18)24-14-23-20(17(2)32-33(23)3)13-21(24)30-26(35)22-16-37-27(31-22)19-5-8-29-25(28)12-19/h4-5,8,12-14,16,18H,1,6-7,9-11,15H2,2-3H3,(H2,28,29)(H,30,35). The van der Waals surface area contributed by atoms with E-state index < -0.39 is 0 Å². The monoisotopic (exact) mass is 501 g/mol. The van der Waals surface area contributed by atoms with Crippen LogP contribution in [0, 0.1) is 12.8 Å². The number of carbonyl (C=O) groups excluding carboxylic acids is 1. The number of anilines is 3. The Hall–Kier alpha value is -4.18. The number of aryl methyl sites for hydroxylation is 2. The number of aromatic nitrogens is 4. The average Bonchev–Trinajstić information content (AvgIpc) is 3.49. The number of amides is 1. The predicted octanol–water partition coefficient (Wildman–Crippen LogP) is 4.19. The number of hydrogen-bond acceptors (Lipinski definition) is 8. The van der Waals surface area contributed by atoms with Crippen molar-refractivity contribution in [3.8, 4) is 11.5 Å². The Morgan fingerprint density at radius 2 is 2.14 bits per heavy atom. The van der Waals surface area contributed by atoms with Crippen LogP contribution in [0.2, 0.25) is 0 Å². The topological polar surface area (TPSA) is 124 Å². The molecule has 0 atom stereocenters. The Balaban J connectivity index is 1.40. The highest BCUT2D eigenvalue weighted by Gasteiger charge is 2.24. The Morgan fingerprint density at radius 3 is 2.89 bits per heavy atom. The van der Waals surface area contributed by atoms with Gasteiger partial charge in [-0.2, -0.15) is 5.10 Å². The summed E-state index contributed by atoms with van der Waals surface area (Å²) in [5.41, 5.74) is 10.2. The van der Waals surface area contributed by atoms with E-state index in [0.29, 0.717) is 35.5 Å². The summed E-state index contributed by atoms with van der Waals surface area (Å²) in [4.78, 5) is 23.9. The van der Waals surface area contributed by atoms with Crippen LogP contribution >= 0.6 is 0 Å². The van der Waals surface area contributed by atoms with E-state index >= 15 is 0 Å². The molecule has 1 aromatic carbocycles. The lowest BCUT2D eigenvalue weighted by molar-refractivity contribution is 0.102. The Morgan fingerprint density at radius 1 is 1.32 bits per heavy atom. The van der Waals surface area contributed by atoms with E-state index in [1.165, 1.54) is 6.26 Å². The fraction of sp³-hybridized carbons (Fsp3) is 0.333. The van der Waals surface area contributed by atoms with Crippen molar-refractivity contribution < 1.29 is 13.9 Å². The van der Waals surface area contributed by atoms with Gasteiger partial charge in [-0.1, -0.05) is 6.08 Å². The highest BCUT2D eigenvalue weighted by Crippen LogP contribution is 2.35. The highest BCUT2D eigenvalue weighted by molar-refractivity contribution is 6.06. The van der Waals surface area contributed by atoms with Crippen molar-refractivity contribution in [2.75, 3.05) is 42.3 Å². The third-order valence-corrected chi connectivity index (χ3v) is 6.71. The molecule has 0 aliphatic carbocycles. The minimum atomic E-state index is -0.355. The van der Waals surface area contributed by atoms with Gasteiger partial charge in [0, 0.05) is 43.9 Å². The van der Waals surface area contributed by atoms with Gasteiger partial charge in [0.15, 0.2) is 5.69 Å². The van der Waals surface area contributed by atoms with Gasteiger partial charge >= 0.3 is 0 Å².